The molecule has 1 aliphatic rings. The van der Waals surface area contributed by atoms with Crippen LogP contribution in [0.3, 0.4) is 0 Å². The molecule has 2 atom stereocenters. The lowest BCUT2D eigenvalue weighted by atomic mass is 10.0. The van der Waals surface area contributed by atoms with Gasteiger partial charge in [-0.15, -0.1) is 0 Å². The van der Waals surface area contributed by atoms with Gasteiger partial charge in [-0.05, 0) is 12.8 Å². The molecule has 1 aliphatic heterocycles. The number of ether oxygens (including phenoxy) is 1. The van der Waals surface area contributed by atoms with Crippen LogP contribution in [0.2, 0.25) is 0 Å². The number of rotatable bonds is 3. The van der Waals surface area contributed by atoms with Crippen LogP contribution in [0.15, 0.2) is 0 Å². The highest BCUT2D eigenvalue weighted by atomic mass is 16.6. The van der Waals surface area contributed by atoms with Gasteiger partial charge in [0.05, 0.1) is 12.7 Å². The summed E-state index contributed by atoms with van der Waals surface area (Å²) in [7, 11) is 0. The quantitative estimate of drug-likeness (QED) is 0.574. The van der Waals surface area contributed by atoms with E-state index in [-0.39, 0.29) is 0 Å². The normalized spacial score (nSPS) is 23.5. The van der Waals surface area contributed by atoms with Gasteiger partial charge in [0, 0.05) is 0 Å². The van der Waals surface area contributed by atoms with Gasteiger partial charge in [-0.1, -0.05) is 40.0 Å². The predicted molar refractivity (Wildman–Crippen MR) is 49.8 cm³/mol. The Hall–Kier alpha value is -0.0400. The minimum Gasteiger partial charge on any atom is -0.373 e. The van der Waals surface area contributed by atoms with E-state index >= 15 is 0 Å². The molecule has 1 heteroatoms. The van der Waals surface area contributed by atoms with Gasteiger partial charge < -0.3 is 4.74 Å². The topological polar surface area (TPSA) is 12.5 Å². The van der Waals surface area contributed by atoms with E-state index < -0.39 is 0 Å². The van der Waals surface area contributed by atoms with Gasteiger partial charge >= 0.3 is 0 Å². The molecule has 1 heterocycles. The summed E-state index contributed by atoms with van der Waals surface area (Å²) in [6.45, 7) is 9.84. The van der Waals surface area contributed by atoms with Crippen molar-refractivity contribution in [2.24, 2.45) is 5.92 Å². The molecule has 0 spiro atoms. The SMILES string of the molecule is CC1CO1.CCCC(C)CC. The van der Waals surface area contributed by atoms with Crippen molar-refractivity contribution in [3.05, 3.63) is 0 Å². The third-order valence-corrected chi connectivity index (χ3v) is 1.98. The lowest BCUT2D eigenvalue weighted by molar-refractivity contribution is 0.423. The summed E-state index contributed by atoms with van der Waals surface area (Å²) in [5.41, 5.74) is 0. The van der Waals surface area contributed by atoms with Crippen LogP contribution < -0.4 is 0 Å². The second kappa shape index (κ2) is 6.66. The summed E-state index contributed by atoms with van der Waals surface area (Å²) in [5.74, 6) is 0.949. The molecule has 0 N–H and O–H groups in total. The first-order valence-corrected chi connectivity index (χ1v) is 4.82. The van der Waals surface area contributed by atoms with Gasteiger partial charge in [0.2, 0.25) is 0 Å². The molecule has 1 nitrogen and oxygen atoms in total. The Morgan fingerprint density at radius 1 is 1.45 bits per heavy atom. The van der Waals surface area contributed by atoms with Crippen LogP contribution in [0.1, 0.15) is 47.0 Å². The molecule has 2 unspecified atom stereocenters. The molecule has 0 saturated carbocycles. The summed E-state index contributed by atoms with van der Waals surface area (Å²) in [4.78, 5) is 0. The molecule has 0 bridgehead atoms. The van der Waals surface area contributed by atoms with Gasteiger partial charge in [-0.25, -0.2) is 0 Å². The molecule has 68 valence electrons. The van der Waals surface area contributed by atoms with E-state index in [0.717, 1.165) is 12.5 Å². The largest absolute Gasteiger partial charge is 0.373 e. The molecule has 0 radical (unpaired) electrons. The Bertz CT molecular complexity index is 76.9. The molecule has 1 fully saturated rings. The van der Waals surface area contributed by atoms with Crippen molar-refractivity contribution < 1.29 is 4.74 Å². The molecule has 1 saturated heterocycles. The smallest absolute Gasteiger partial charge is 0.0781 e. The van der Waals surface area contributed by atoms with E-state index in [1.54, 1.807) is 0 Å². The van der Waals surface area contributed by atoms with Crippen LogP contribution in [-0.2, 0) is 4.74 Å². The summed E-state index contributed by atoms with van der Waals surface area (Å²) in [6, 6.07) is 0. The van der Waals surface area contributed by atoms with E-state index in [1.807, 2.05) is 0 Å². The van der Waals surface area contributed by atoms with Crippen molar-refractivity contribution >= 4 is 0 Å². The van der Waals surface area contributed by atoms with Gasteiger partial charge in [0.15, 0.2) is 0 Å². The van der Waals surface area contributed by atoms with Crippen LogP contribution in [0.4, 0.5) is 0 Å². The third-order valence-electron chi connectivity index (χ3n) is 1.98. The van der Waals surface area contributed by atoms with E-state index in [1.165, 1.54) is 19.3 Å². The Kier molecular flexibility index (Phi) is 6.63. The van der Waals surface area contributed by atoms with Crippen LogP contribution in [-0.4, -0.2) is 12.7 Å². The second-order valence-electron chi connectivity index (χ2n) is 3.45. The molecule has 0 aliphatic carbocycles. The Balaban J connectivity index is 0.000000207. The highest BCUT2D eigenvalue weighted by Crippen LogP contribution is 2.07. The van der Waals surface area contributed by atoms with Gasteiger partial charge in [-0.2, -0.15) is 0 Å². The molecular formula is C10H22O. The zero-order valence-electron chi connectivity index (χ0n) is 8.39. The van der Waals surface area contributed by atoms with Crippen molar-refractivity contribution in [2.45, 2.75) is 53.1 Å². The first-order valence-electron chi connectivity index (χ1n) is 4.82. The maximum absolute atomic E-state index is 4.71. The zero-order valence-corrected chi connectivity index (χ0v) is 8.39. The van der Waals surface area contributed by atoms with Crippen molar-refractivity contribution in [1.82, 2.24) is 0 Å². The molecule has 11 heavy (non-hydrogen) atoms. The maximum atomic E-state index is 4.71. The van der Waals surface area contributed by atoms with E-state index in [4.69, 9.17) is 4.74 Å². The number of hydrogen-bond acceptors (Lipinski definition) is 1. The molecule has 0 aromatic rings. The van der Waals surface area contributed by atoms with Gasteiger partial charge in [-0.3, -0.25) is 0 Å². The van der Waals surface area contributed by atoms with Crippen LogP contribution in [0.25, 0.3) is 0 Å². The number of epoxide rings is 1. The molecular weight excluding hydrogens is 136 g/mol. The lowest BCUT2D eigenvalue weighted by Crippen LogP contribution is -1.88. The summed E-state index contributed by atoms with van der Waals surface area (Å²) in [5, 5.41) is 0. The number of hydrogen-bond donors (Lipinski definition) is 0. The van der Waals surface area contributed by atoms with E-state index in [2.05, 4.69) is 27.7 Å². The summed E-state index contributed by atoms with van der Waals surface area (Å²) in [6.07, 6.45) is 4.67. The monoisotopic (exact) mass is 158 g/mol. The fourth-order valence-corrected chi connectivity index (χ4v) is 0.793. The van der Waals surface area contributed by atoms with E-state index in [9.17, 15) is 0 Å². The van der Waals surface area contributed by atoms with Crippen LogP contribution in [0, 0.1) is 5.92 Å². The summed E-state index contributed by atoms with van der Waals surface area (Å²) < 4.78 is 4.71. The highest BCUT2D eigenvalue weighted by molar-refractivity contribution is 4.58. The van der Waals surface area contributed by atoms with Crippen LogP contribution >= 0.6 is 0 Å². The Labute approximate surface area is 71.1 Å². The van der Waals surface area contributed by atoms with Crippen molar-refractivity contribution in [2.75, 3.05) is 6.61 Å². The van der Waals surface area contributed by atoms with E-state index in [0.29, 0.717) is 6.10 Å². The third kappa shape index (κ3) is 9.96. The van der Waals surface area contributed by atoms with Crippen molar-refractivity contribution in [3.63, 3.8) is 0 Å². The minimum atomic E-state index is 0.583. The fraction of sp³-hybridized carbons (Fsp3) is 1.00. The van der Waals surface area contributed by atoms with Gasteiger partial charge in [0.25, 0.3) is 0 Å². The zero-order chi connectivity index (χ0) is 8.69. The summed E-state index contributed by atoms with van der Waals surface area (Å²) >= 11 is 0. The molecule has 0 aromatic heterocycles. The maximum Gasteiger partial charge on any atom is 0.0781 e. The molecule has 0 amide bonds. The second-order valence-corrected chi connectivity index (χ2v) is 3.45. The van der Waals surface area contributed by atoms with Crippen molar-refractivity contribution in [3.8, 4) is 0 Å². The fourth-order valence-electron chi connectivity index (χ4n) is 0.793. The molecule has 1 rings (SSSR count). The first-order chi connectivity index (χ1) is 5.20. The highest BCUT2D eigenvalue weighted by Gasteiger charge is 2.13. The Morgan fingerprint density at radius 3 is 2.00 bits per heavy atom. The average molecular weight is 158 g/mol. The van der Waals surface area contributed by atoms with Crippen LogP contribution in [0.5, 0.6) is 0 Å². The average Bonchev–Trinajstić information content (AvgIpc) is 2.74. The molecule has 0 aromatic carbocycles. The minimum absolute atomic E-state index is 0.583. The van der Waals surface area contributed by atoms with Gasteiger partial charge in [0.1, 0.15) is 0 Å². The standard InChI is InChI=1S/C7H16.C3H6O/c1-4-6-7(3)5-2;1-3-2-4-3/h7H,4-6H2,1-3H3;3H,2H2,1H3. The van der Waals surface area contributed by atoms with Crippen molar-refractivity contribution in [1.29, 1.82) is 0 Å². The first kappa shape index (κ1) is 11.0. The Morgan fingerprint density at radius 2 is 1.91 bits per heavy atom. The lowest BCUT2D eigenvalue weighted by Gasteiger charge is -2.02. The predicted octanol–water partition coefficient (Wildman–Crippen LogP) is 3.24.